The van der Waals surface area contributed by atoms with Crippen molar-refractivity contribution in [3.05, 3.63) is 105 Å². The summed E-state index contributed by atoms with van der Waals surface area (Å²) in [7, 11) is 0. The van der Waals surface area contributed by atoms with Crippen LogP contribution in [0.2, 0.25) is 0 Å². The van der Waals surface area contributed by atoms with Crippen molar-refractivity contribution in [2.75, 3.05) is 11.5 Å². The van der Waals surface area contributed by atoms with Crippen LogP contribution in [0.3, 0.4) is 0 Å². The summed E-state index contributed by atoms with van der Waals surface area (Å²) in [5.41, 5.74) is 2.85. The summed E-state index contributed by atoms with van der Waals surface area (Å²) in [5.74, 6) is -2.02. The van der Waals surface area contributed by atoms with Crippen LogP contribution >= 0.6 is 15.9 Å². The second-order valence-electron chi connectivity index (χ2n) is 9.13. The van der Waals surface area contributed by atoms with E-state index in [4.69, 9.17) is 4.74 Å². The Morgan fingerprint density at radius 3 is 2.25 bits per heavy atom. The average molecular weight is 548 g/mol. The smallest absolute Gasteiger partial charge is 0.338 e. The monoisotopic (exact) mass is 547 g/mol. The summed E-state index contributed by atoms with van der Waals surface area (Å²) >= 11 is 3.37. The van der Waals surface area contributed by atoms with Gasteiger partial charge >= 0.3 is 5.97 Å². The maximum absolute atomic E-state index is 13.3. The van der Waals surface area contributed by atoms with Crippen molar-refractivity contribution in [2.45, 2.75) is 26.8 Å². The molecule has 1 saturated heterocycles. The van der Waals surface area contributed by atoms with E-state index < -0.39 is 23.7 Å². The second-order valence-corrected chi connectivity index (χ2v) is 10.0. The molecule has 0 bridgehead atoms. The lowest BCUT2D eigenvalue weighted by Crippen LogP contribution is -2.29. The molecule has 0 spiro atoms. The number of aliphatic hydroxyl groups is 1. The van der Waals surface area contributed by atoms with E-state index in [1.54, 1.807) is 48.5 Å². The molecule has 184 valence electrons. The van der Waals surface area contributed by atoms with Gasteiger partial charge in [0.1, 0.15) is 5.76 Å². The summed E-state index contributed by atoms with van der Waals surface area (Å²) in [6.45, 7) is 6.12. The predicted octanol–water partition coefficient (Wildman–Crippen LogP) is 6.20. The van der Waals surface area contributed by atoms with E-state index in [0.29, 0.717) is 29.0 Å². The second kappa shape index (κ2) is 10.5. The van der Waals surface area contributed by atoms with Crippen molar-refractivity contribution < 1.29 is 24.2 Å². The fourth-order valence-electron chi connectivity index (χ4n) is 4.10. The van der Waals surface area contributed by atoms with Crippen LogP contribution in [0, 0.1) is 12.8 Å². The number of rotatable bonds is 6. The van der Waals surface area contributed by atoms with Crippen LogP contribution in [0.5, 0.6) is 0 Å². The molecule has 0 radical (unpaired) electrons. The lowest BCUT2D eigenvalue weighted by Gasteiger charge is -2.26. The van der Waals surface area contributed by atoms with E-state index in [0.717, 1.165) is 10.0 Å². The van der Waals surface area contributed by atoms with Gasteiger partial charge in [-0.2, -0.15) is 0 Å². The van der Waals surface area contributed by atoms with Gasteiger partial charge < -0.3 is 9.84 Å². The Kier molecular flexibility index (Phi) is 7.40. The van der Waals surface area contributed by atoms with Crippen LogP contribution in [0.1, 0.15) is 46.9 Å². The molecule has 1 heterocycles. The Bertz CT molecular complexity index is 1340. The van der Waals surface area contributed by atoms with Gasteiger partial charge in [0.15, 0.2) is 0 Å². The first kappa shape index (κ1) is 25.4. The lowest BCUT2D eigenvalue weighted by atomic mass is 9.94. The maximum Gasteiger partial charge on any atom is 0.338 e. The number of amides is 1. The molecule has 1 aliphatic heterocycles. The van der Waals surface area contributed by atoms with Crippen molar-refractivity contribution in [3.8, 4) is 0 Å². The molecule has 7 heteroatoms. The Morgan fingerprint density at radius 1 is 1.00 bits per heavy atom. The molecule has 1 unspecified atom stereocenters. The van der Waals surface area contributed by atoms with Crippen LogP contribution in [0.4, 0.5) is 5.69 Å². The zero-order chi connectivity index (χ0) is 26.0. The number of esters is 1. The zero-order valence-corrected chi connectivity index (χ0v) is 21.8. The van der Waals surface area contributed by atoms with Crippen LogP contribution in [0.15, 0.2) is 82.8 Å². The largest absolute Gasteiger partial charge is 0.507 e. The molecule has 36 heavy (non-hydrogen) atoms. The molecule has 1 fully saturated rings. The first-order chi connectivity index (χ1) is 17.2. The van der Waals surface area contributed by atoms with Gasteiger partial charge in [0.25, 0.3) is 11.7 Å². The molecule has 0 aromatic heterocycles. The number of benzene rings is 3. The maximum atomic E-state index is 13.3. The molecule has 0 aliphatic carbocycles. The lowest BCUT2D eigenvalue weighted by molar-refractivity contribution is -0.132. The molecular formula is C29H26BrNO5. The van der Waals surface area contributed by atoms with Gasteiger partial charge in [0, 0.05) is 15.7 Å². The number of aryl methyl sites for hydroxylation is 1. The van der Waals surface area contributed by atoms with E-state index in [1.165, 1.54) is 4.90 Å². The van der Waals surface area contributed by atoms with Crippen molar-refractivity contribution in [1.82, 2.24) is 0 Å². The molecule has 4 rings (SSSR count). The van der Waals surface area contributed by atoms with E-state index >= 15 is 0 Å². The number of halogens is 1. The predicted molar refractivity (Wildman–Crippen MR) is 142 cm³/mol. The molecule has 1 amide bonds. The van der Waals surface area contributed by atoms with Crippen molar-refractivity contribution in [2.24, 2.45) is 5.92 Å². The Balaban J connectivity index is 1.80. The minimum absolute atomic E-state index is 0.00772. The number of ketones is 1. The van der Waals surface area contributed by atoms with Gasteiger partial charge in [0.05, 0.1) is 23.8 Å². The van der Waals surface area contributed by atoms with Crippen LogP contribution in [0.25, 0.3) is 5.76 Å². The van der Waals surface area contributed by atoms with Crippen molar-refractivity contribution >= 4 is 45.0 Å². The highest BCUT2D eigenvalue weighted by atomic mass is 79.9. The number of anilines is 1. The number of nitrogens with zero attached hydrogens (tertiary/aromatic N) is 1. The van der Waals surface area contributed by atoms with Crippen molar-refractivity contribution in [1.29, 1.82) is 0 Å². The number of carbonyl (C=O) groups is 3. The van der Waals surface area contributed by atoms with Gasteiger partial charge in [-0.1, -0.05) is 71.7 Å². The Morgan fingerprint density at radius 2 is 1.64 bits per heavy atom. The number of hydrogen-bond donors (Lipinski definition) is 1. The van der Waals surface area contributed by atoms with E-state index in [2.05, 4.69) is 15.9 Å². The fourth-order valence-corrected chi connectivity index (χ4v) is 4.37. The molecule has 1 N–H and O–H groups in total. The number of ether oxygens (including phenoxy) is 1. The molecule has 0 saturated carbocycles. The quantitative estimate of drug-likeness (QED) is 0.172. The minimum Gasteiger partial charge on any atom is -0.507 e. The number of carbonyl (C=O) groups excluding carboxylic acids is 3. The fraction of sp³-hybridized carbons (Fsp3) is 0.207. The minimum atomic E-state index is -0.840. The Labute approximate surface area is 218 Å². The van der Waals surface area contributed by atoms with Gasteiger partial charge in [-0.25, -0.2) is 4.79 Å². The third-order valence-corrected chi connectivity index (χ3v) is 6.38. The highest BCUT2D eigenvalue weighted by Gasteiger charge is 2.47. The number of hydrogen-bond acceptors (Lipinski definition) is 5. The topological polar surface area (TPSA) is 83.9 Å². The molecule has 3 aromatic rings. The van der Waals surface area contributed by atoms with Gasteiger partial charge in [0.2, 0.25) is 0 Å². The molecule has 3 aromatic carbocycles. The normalized spacial score (nSPS) is 17.0. The zero-order valence-electron chi connectivity index (χ0n) is 20.2. The number of aliphatic hydroxyl groups excluding tert-OH is 1. The third kappa shape index (κ3) is 5.11. The summed E-state index contributed by atoms with van der Waals surface area (Å²) in [5, 5.41) is 11.2. The van der Waals surface area contributed by atoms with Gasteiger partial charge in [-0.15, -0.1) is 0 Å². The van der Waals surface area contributed by atoms with E-state index in [-0.39, 0.29) is 17.3 Å². The van der Waals surface area contributed by atoms with E-state index in [1.807, 2.05) is 45.0 Å². The summed E-state index contributed by atoms with van der Waals surface area (Å²) in [6.07, 6.45) is 0. The number of Topliss-reactive ketones (excluding diaryl/α,β-unsaturated/α-hetero) is 1. The van der Waals surface area contributed by atoms with Gasteiger partial charge in [-0.3, -0.25) is 14.5 Å². The third-order valence-electron chi connectivity index (χ3n) is 5.85. The van der Waals surface area contributed by atoms with Crippen LogP contribution in [-0.4, -0.2) is 29.4 Å². The average Bonchev–Trinajstić information content (AvgIpc) is 3.13. The first-order valence-electron chi connectivity index (χ1n) is 11.6. The Hall–Kier alpha value is -3.71. The standard InChI is InChI=1S/C29H26BrNO5/c1-17(2)16-36-29(35)20-9-13-23(14-10-20)31-25(21-6-4-5-18(3)15-21)24(27(33)28(31)34)26(32)19-7-11-22(30)12-8-19/h4-15,17,25,32H,16H2,1-3H3/b26-24+. The molecule has 1 aliphatic rings. The SMILES string of the molecule is Cc1cccc(C2/C(=C(\O)c3ccc(Br)cc3)C(=O)C(=O)N2c2ccc(C(=O)OCC(C)C)cc2)c1. The van der Waals surface area contributed by atoms with Crippen LogP contribution < -0.4 is 4.90 Å². The first-order valence-corrected chi connectivity index (χ1v) is 12.4. The van der Waals surface area contributed by atoms with Crippen LogP contribution in [-0.2, 0) is 14.3 Å². The van der Waals surface area contributed by atoms with Crippen molar-refractivity contribution in [3.63, 3.8) is 0 Å². The molecular weight excluding hydrogens is 522 g/mol. The summed E-state index contributed by atoms with van der Waals surface area (Å²) < 4.78 is 6.11. The highest BCUT2D eigenvalue weighted by Crippen LogP contribution is 2.42. The highest BCUT2D eigenvalue weighted by molar-refractivity contribution is 9.10. The molecule has 6 nitrogen and oxygen atoms in total. The summed E-state index contributed by atoms with van der Waals surface area (Å²) in [4.78, 5) is 40.3. The summed E-state index contributed by atoms with van der Waals surface area (Å²) in [6, 6.07) is 19.9. The van der Waals surface area contributed by atoms with E-state index in [9.17, 15) is 19.5 Å². The van der Waals surface area contributed by atoms with Gasteiger partial charge in [-0.05, 0) is 54.8 Å². The molecule has 1 atom stereocenters.